The van der Waals surface area contributed by atoms with E-state index in [1.54, 1.807) is 4.68 Å². The van der Waals surface area contributed by atoms with Crippen LogP contribution in [0.15, 0.2) is 23.3 Å². The Morgan fingerprint density at radius 1 is 1.31 bits per heavy atom. The van der Waals surface area contributed by atoms with Crippen LogP contribution in [0.1, 0.15) is 40.5 Å². The van der Waals surface area contributed by atoms with Gasteiger partial charge in [0.15, 0.2) is 16.4 Å². The third-order valence-corrected chi connectivity index (χ3v) is 6.92. The molecule has 0 aliphatic carbocycles. The van der Waals surface area contributed by atoms with Crippen molar-refractivity contribution in [3.05, 3.63) is 46.3 Å². The molecule has 0 radical (unpaired) electrons. The van der Waals surface area contributed by atoms with Gasteiger partial charge in [-0.05, 0) is 57.4 Å². The molecule has 1 saturated heterocycles. The smallest absolute Gasteiger partial charge is 0.277 e. The van der Waals surface area contributed by atoms with Crippen molar-refractivity contribution < 1.29 is 17.9 Å². The molecule has 2 heterocycles. The van der Waals surface area contributed by atoms with E-state index in [0.29, 0.717) is 12.2 Å². The molecule has 8 nitrogen and oxygen atoms in total. The number of sulfone groups is 1. The molecule has 9 heteroatoms. The minimum atomic E-state index is -2.99. The second-order valence-corrected chi connectivity index (χ2v) is 9.64. The second-order valence-electron chi connectivity index (χ2n) is 7.41. The Morgan fingerprint density at radius 3 is 2.72 bits per heavy atom. The van der Waals surface area contributed by atoms with Crippen molar-refractivity contribution in [2.24, 2.45) is 5.10 Å². The van der Waals surface area contributed by atoms with Gasteiger partial charge in [-0.1, -0.05) is 6.07 Å². The molecule has 0 bridgehead atoms. The van der Waals surface area contributed by atoms with Crippen LogP contribution in [0.5, 0.6) is 5.75 Å². The summed E-state index contributed by atoms with van der Waals surface area (Å²) in [6.45, 7) is 7.56. The highest BCUT2D eigenvalue weighted by molar-refractivity contribution is 7.91. The van der Waals surface area contributed by atoms with Crippen molar-refractivity contribution in [2.75, 3.05) is 18.1 Å². The molecule has 156 valence electrons. The number of hydrogen-bond donors (Lipinski definition) is 1. The zero-order valence-corrected chi connectivity index (χ0v) is 17.9. The van der Waals surface area contributed by atoms with Gasteiger partial charge >= 0.3 is 0 Å². The predicted octanol–water partition coefficient (Wildman–Crippen LogP) is 2.01. The Balaban J connectivity index is 1.58. The van der Waals surface area contributed by atoms with E-state index < -0.39 is 9.84 Å². The van der Waals surface area contributed by atoms with Gasteiger partial charge in [-0.2, -0.15) is 10.2 Å². The molecule has 1 aliphatic rings. The molecule has 1 aromatic carbocycles. The van der Waals surface area contributed by atoms with Gasteiger partial charge in [-0.3, -0.25) is 9.48 Å². The van der Waals surface area contributed by atoms with Crippen LogP contribution < -0.4 is 10.2 Å². The lowest BCUT2D eigenvalue weighted by Crippen LogP contribution is -2.24. The van der Waals surface area contributed by atoms with Gasteiger partial charge < -0.3 is 4.74 Å². The number of nitrogens with one attached hydrogen (secondary N) is 1. The quantitative estimate of drug-likeness (QED) is 0.571. The Bertz CT molecular complexity index is 1060. The fourth-order valence-electron chi connectivity index (χ4n) is 3.34. The summed E-state index contributed by atoms with van der Waals surface area (Å²) in [5, 5.41) is 8.47. The summed E-state index contributed by atoms with van der Waals surface area (Å²) < 4.78 is 30.7. The molecule has 29 heavy (non-hydrogen) atoms. The van der Waals surface area contributed by atoms with Crippen molar-refractivity contribution in [2.45, 2.75) is 40.2 Å². The third-order valence-electron chi connectivity index (χ3n) is 5.17. The second kappa shape index (κ2) is 8.36. The van der Waals surface area contributed by atoms with E-state index in [1.807, 2.05) is 45.9 Å². The summed E-state index contributed by atoms with van der Waals surface area (Å²) in [6, 6.07) is 5.50. The van der Waals surface area contributed by atoms with Crippen LogP contribution in [-0.2, 0) is 14.6 Å². The summed E-state index contributed by atoms with van der Waals surface area (Å²) in [6.07, 6.45) is 2.10. The maximum absolute atomic E-state index is 12.0. The van der Waals surface area contributed by atoms with Crippen LogP contribution in [0.2, 0.25) is 0 Å². The number of ether oxygens (including phenoxy) is 1. The van der Waals surface area contributed by atoms with Crippen molar-refractivity contribution in [3.63, 3.8) is 0 Å². The van der Waals surface area contributed by atoms with E-state index in [2.05, 4.69) is 15.6 Å². The number of benzene rings is 1. The monoisotopic (exact) mass is 418 g/mol. The predicted molar refractivity (Wildman–Crippen MR) is 111 cm³/mol. The Labute approximate surface area is 170 Å². The molecule has 1 atom stereocenters. The van der Waals surface area contributed by atoms with Crippen molar-refractivity contribution in [3.8, 4) is 5.75 Å². The number of carbonyl (C=O) groups excluding carboxylic acids is 1. The average Bonchev–Trinajstić information content (AvgIpc) is 3.15. The topological polar surface area (TPSA) is 103 Å². The van der Waals surface area contributed by atoms with E-state index in [1.165, 1.54) is 6.21 Å². The number of nitrogens with zero attached hydrogens (tertiary/aromatic N) is 3. The van der Waals surface area contributed by atoms with Crippen LogP contribution in [0.3, 0.4) is 0 Å². The maximum atomic E-state index is 12.0. The minimum absolute atomic E-state index is 0.109. The number of hydrogen-bond acceptors (Lipinski definition) is 6. The summed E-state index contributed by atoms with van der Waals surface area (Å²) in [5.74, 6) is 0.560. The Kier molecular flexibility index (Phi) is 6.07. The first kappa shape index (κ1) is 21.0. The molecule has 1 amide bonds. The molecule has 1 fully saturated rings. The van der Waals surface area contributed by atoms with Crippen LogP contribution in [0.4, 0.5) is 0 Å². The molecule has 3 rings (SSSR count). The summed E-state index contributed by atoms with van der Waals surface area (Å²) in [5.41, 5.74) is 7.03. The molecule has 0 spiro atoms. The molecule has 1 aliphatic heterocycles. The first-order chi connectivity index (χ1) is 13.7. The van der Waals surface area contributed by atoms with Gasteiger partial charge in [0.25, 0.3) is 5.91 Å². The van der Waals surface area contributed by atoms with Crippen molar-refractivity contribution >= 4 is 22.0 Å². The maximum Gasteiger partial charge on any atom is 0.277 e. The molecule has 0 saturated carbocycles. The summed E-state index contributed by atoms with van der Waals surface area (Å²) >= 11 is 0. The van der Waals surface area contributed by atoms with Gasteiger partial charge in [-0.15, -0.1) is 0 Å². The number of rotatable bonds is 6. The SMILES string of the molecule is Cc1ccc(OCC(=O)N/N=C\c2c(C)nn([C@@H]3CCS(=O)(=O)C3)c2C)cc1C. The fourth-order valence-corrected chi connectivity index (χ4v) is 5.03. The third kappa shape index (κ3) is 5.03. The van der Waals surface area contributed by atoms with Crippen LogP contribution in [0, 0.1) is 27.7 Å². The highest BCUT2D eigenvalue weighted by Gasteiger charge is 2.31. The number of aromatic nitrogens is 2. The lowest BCUT2D eigenvalue weighted by Gasteiger charge is -2.10. The Morgan fingerprint density at radius 2 is 2.07 bits per heavy atom. The van der Waals surface area contributed by atoms with Crippen LogP contribution >= 0.6 is 0 Å². The van der Waals surface area contributed by atoms with Crippen LogP contribution in [-0.4, -0.2) is 48.4 Å². The number of hydrazone groups is 1. The van der Waals surface area contributed by atoms with E-state index >= 15 is 0 Å². The van der Waals surface area contributed by atoms with E-state index in [9.17, 15) is 13.2 Å². The first-order valence-corrected chi connectivity index (χ1v) is 11.3. The highest BCUT2D eigenvalue weighted by atomic mass is 32.2. The van der Waals surface area contributed by atoms with Gasteiger partial charge in [-0.25, -0.2) is 13.8 Å². The number of amides is 1. The van der Waals surface area contributed by atoms with Gasteiger partial charge in [0.1, 0.15) is 5.75 Å². The van der Waals surface area contributed by atoms with Gasteiger partial charge in [0.05, 0.1) is 29.5 Å². The van der Waals surface area contributed by atoms with Gasteiger partial charge in [0.2, 0.25) is 0 Å². The van der Waals surface area contributed by atoms with Crippen LogP contribution in [0.25, 0.3) is 0 Å². The van der Waals surface area contributed by atoms with Crippen molar-refractivity contribution in [1.82, 2.24) is 15.2 Å². The van der Waals surface area contributed by atoms with E-state index in [-0.39, 0.29) is 30.1 Å². The average molecular weight is 419 g/mol. The zero-order chi connectivity index (χ0) is 21.2. The molecule has 2 aromatic rings. The Hall–Kier alpha value is -2.68. The summed E-state index contributed by atoms with van der Waals surface area (Å²) in [7, 11) is -2.99. The number of aryl methyl sites for hydroxylation is 3. The summed E-state index contributed by atoms with van der Waals surface area (Å²) in [4.78, 5) is 12.0. The fraction of sp³-hybridized carbons (Fsp3) is 0.450. The molecule has 0 unspecified atom stereocenters. The molecule has 1 N–H and O–H groups in total. The standard InChI is InChI=1S/C20H26N4O4S/c1-13-5-6-18(9-14(13)2)28-11-20(25)22-21-10-19-15(3)23-24(16(19)4)17-7-8-29(26,27)12-17/h5-6,9-10,17H,7-8,11-12H2,1-4H3,(H,22,25)/b21-10-/t17-/m1/s1. The largest absolute Gasteiger partial charge is 0.484 e. The molecular formula is C20H26N4O4S. The van der Waals surface area contributed by atoms with E-state index in [4.69, 9.17) is 4.74 Å². The van der Waals surface area contributed by atoms with Gasteiger partial charge in [0, 0.05) is 11.3 Å². The zero-order valence-electron chi connectivity index (χ0n) is 17.1. The first-order valence-electron chi connectivity index (χ1n) is 9.44. The van der Waals surface area contributed by atoms with E-state index in [0.717, 1.165) is 28.1 Å². The van der Waals surface area contributed by atoms with Crippen molar-refractivity contribution in [1.29, 1.82) is 0 Å². The number of carbonyl (C=O) groups is 1. The molecule has 1 aromatic heterocycles. The molecular weight excluding hydrogens is 392 g/mol. The lowest BCUT2D eigenvalue weighted by atomic mass is 10.1. The lowest BCUT2D eigenvalue weighted by molar-refractivity contribution is -0.123. The normalized spacial score (nSPS) is 18.3. The highest BCUT2D eigenvalue weighted by Crippen LogP contribution is 2.26. The minimum Gasteiger partial charge on any atom is -0.484 e.